The van der Waals surface area contributed by atoms with Gasteiger partial charge in [0.15, 0.2) is 5.78 Å². The van der Waals surface area contributed by atoms with E-state index in [4.69, 9.17) is 0 Å². The van der Waals surface area contributed by atoms with Crippen molar-refractivity contribution >= 4 is 23.2 Å². The van der Waals surface area contributed by atoms with Gasteiger partial charge in [0.2, 0.25) is 0 Å². The highest BCUT2D eigenvalue weighted by atomic mass is 16.1. The lowest BCUT2D eigenvalue weighted by Gasteiger charge is -2.08. The van der Waals surface area contributed by atoms with E-state index in [0.717, 1.165) is 5.69 Å². The molecule has 26 heavy (non-hydrogen) atoms. The first-order valence-corrected chi connectivity index (χ1v) is 8.00. The van der Waals surface area contributed by atoms with Crippen LogP contribution in [0.3, 0.4) is 0 Å². The average Bonchev–Trinajstić information content (AvgIpc) is 2.67. The van der Waals surface area contributed by atoms with Gasteiger partial charge in [-0.05, 0) is 31.2 Å². The van der Waals surface area contributed by atoms with E-state index in [2.05, 4.69) is 25.6 Å². The molecule has 2 heterocycles. The van der Waals surface area contributed by atoms with Crippen LogP contribution in [0.25, 0.3) is 0 Å². The van der Waals surface area contributed by atoms with Crippen LogP contribution in [0.15, 0.2) is 61.1 Å². The van der Waals surface area contributed by atoms with Gasteiger partial charge in [-0.25, -0.2) is 9.97 Å². The molecule has 0 aliphatic carbocycles. The molecule has 0 radical (unpaired) electrons. The first-order chi connectivity index (χ1) is 12.6. The van der Waals surface area contributed by atoms with Crippen molar-refractivity contribution in [1.82, 2.24) is 20.3 Å². The molecule has 7 heteroatoms. The van der Waals surface area contributed by atoms with Crippen molar-refractivity contribution in [3.05, 3.63) is 78.0 Å². The van der Waals surface area contributed by atoms with E-state index in [1.807, 2.05) is 24.3 Å². The Morgan fingerprint density at radius 3 is 2.65 bits per heavy atom. The molecule has 0 aliphatic rings. The Morgan fingerprint density at radius 1 is 1.00 bits per heavy atom. The normalized spacial score (nSPS) is 10.2. The Balaban J connectivity index is 1.68. The number of pyridine rings is 1. The molecule has 2 aromatic heterocycles. The molecule has 130 valence electrons. The highest BCUT2D eigenvalue weighted by Gasteiger charge is 2.09. The summed E-state index contributed by atoms with van der Waals surface area (Å²) in [6, 6.07) is 14.1. The molecule has 1 aromatic carbocycles. The number of hydrogen-bond acceptors (Lipinski definition) is 6. The number of rotatable bonds is 6. The predicted octanol–water partition coefficient (Wildman–Crippen LogP) is 2.75. The van der Waals surface area contributed by atoms with E-state index in [9.17, 15) is 9.59 Å². The predicted molar refractivity (Wildman–Crippen MR) is 97.2 cm³/mol. The van der Waals surface area contributed by atoms with Crippen LogP contribution >= 0.6 is 0 Å². The molecule has 0 aliphatic heterocycles. The van der Waals surface area contributed by atoms with Gasteiger partial charge < -0.3 is 10.6 Å². The number of benzene rings is 1. The van der Waals surface area contributed by atoms with Gasteiger partial charge in [0.05, 0.1) is 12.2 Å². The molecule has 3 aromatic rings. The number of anilines is 2. The zero-order valence-electron chi connectivity index (χ0n) is 14.1. The summed E-state index contributed by atoms with van der Waals surface area (Å²) >= 11 is 0. The van der Waals surface area contributed by atoms with Crippen LogP contribution in [0.2, 0.25) is 0 Å². The number of hydrogen-bond donors (Lipinski definition) is 2. The summed E-state index contributed by atoms with van der Waals surface area (Å²) in [7, 11) is 0. The van der Waals surface area contributed by atoms with Crippen LogP contribution in [0.1, 0.15) is 33.5 Å². The smallest absolute Gasteiger partial charge is 0.270 e. The number of amides is 1. The molecule has 0 spiro atoms. The summed E-state index contributed by atoms with van der Waals surface area (Å²) in [5.74, 6) is 0.119. The lowest BCUT2D eigenvalue weighted by molar-refractivity contribution is 0.0944. The van der Waals surface area contributed by atoms with Crippen molar-refractivity contribution < 1.29 is 9.59 Å². The van der Waals surface area contributed by atoms with Gasteiger partial charge in [-0.1, -0.05) is 18.2 Å². The molecule has 0 fully saturated rings. The van der Waals surface area contributed by atoms with Crippen LogP contribution in [-0.2, 0) is 6.54 Å². The number of carbonyl (C=O) groups excluding carboxylic acids is 2. The van der Waals surface area contributed by atoms with Gasteiger partial charge in [-0.3, -0.25) is 14.6 Å². The fourth-order valence-electron chi connectivity index (χ4n) is 2.28. The van der Waals surface area contributed by atoms with Gasteiger partial charge in [-0.2, -0.15) is 0 Å². The third kappa shape index (κ3) is 4.47. The van der Waals surface area contributed by atoms with E-state index < -0.39 is 0 Å². The Hall–Kier alpha value is -3.61. The molecule has 3 rings (SSSR count). The molecular weight excluding hydrogens is 330 g/mol. The fourth-order valence-corrected chi connectivity index (χ4v) is 2.28. The number of nitrogens with zero attached hydrogens (tertiary/aromatic N) is 3. The molecule has 0 saturated carbocycles. The molecule has 0 unspecified atom stereocenters. The first-order valence-electron chi connectivity index (χ1n) is 8.00. The standard InChI is InChI=1S/C19H17N5O2/c1-13(25)14-5-4-7-15(9-14)24-18-10-17(22-12-23-18)19(26)21-11-16-6-2-3-8-20-16/h2-10,12H,11H2,1H3,(H,21,26)(H,22,23,24). The van der Waals surface area contributed by atoms with E-state index in [1.54, 1.807) is 30.5 Å². The summed E-state index contributed by atoms with van der Waals surface area (Å²) < 4.78 is 0. The minimum Gasteiger partial charge on any atom is -0.345 e. The third-order valence-corrected chi connectivity index (χ3v) is 3.60. The molecular formula is C19H17N5O2. The highest BCUT2D eigenvalue weighted by Crippen LogP contribution is 2.16. The second-order valence-electron chi connectivity index (χ2n) is 5.55. The summed E-state index contributed by atoms with van der Waals surface area (Å²) in [6.07, 6.45) is 2.98. The van der Waals surface area contributed by atoms with E-state index in [1.165, 1.54) is 13.3 Å². The monoisotopic (exact) mass is 347 g/mol. The number of ketones is 1. The maximum Gasteiger partial charge on any atom is 0.270 e. The highest BCUT2D eigenvalue weighted by molar-refractivity contribution is 5.95. The van der Waals surface area contributed by atoms with Crippen LogP contribution in [0, 0.1) is 0 Å². The summed E-state index contributed by atoms with van der Waals surface area (Å²) in [6.45, 7) is 1.82. The SMILES string of the molecule is CC(=O)c1cccc(Nc2cc(C(=O)NCc3ccccn3)ncn2)c1. The van der Waals surface area contributed by atoms with Crippen LogP contribution in [0.4, 0.5) is 11.5 Å². The third-order valence-electron chi connectivity index (χ3n) is 3.60. The van der Waals surface area contributed by atoms with Crippen molar-refractivity contribution in [2.45, 2.75) is 13.5 Å². The largest absolute Gasteiger partial charge is 0.345 e. The van der Waals surface area contributed by atoms with E-state index in [-0.39, 0.29) is 17.4 Å². The Kier molecular flexibility index (Phi) is 5.28. The van der Waals surface area contributed by atoms with Crippen molar-refractivity contribution in [1.29, 1.82) is 0 Å². The van der Waals surface area contributed by atoms with Crippen molar-refractivity contribution in [2.24, 2.45) is 0 Å². The van der Waals surface area contributed by atoms with Gasteiger partial charge in [0.1, 0.15) is 17.8 Å². The zero-order valence-corrected chi connectivity index (χ0v) is 14.1. The fraction of sp³-hybridized carbons (Fsp3) is 0.105. The van der Waals surface area contributed by atoms with Gasteiger partial charge in [0, 0.05) is 23.5 Å². The van der Waals surface area contributed by atoms with Crippen molar-refractivity contribution in [3.63, 3.8) is 0 Å². The molecule has 0 bridgehead atoms. The second-order valence-corrected chi connectivity index (χ2v) is 5.55. The topological polar surface area (TPSA) is 96.9 Å². The lowest BCUT2D eigenvalue weighted by atomic mass is 10.1. The molecule has 7 nitrogen and oxygen atoms in total. The van der Waals surface area contributed by atoms with Crippen LogP contribution in [-0.4, -0.2) is 26.6 Å². The molecule has 2 N–H and O–H groups in total. The Morgan fingerprint density at radius 2 is 1.88 bits per heavy atom. The quantitative estimate of drug-likeness (QED) is 0.666. The minimum absolute atomic E-state index is 0.0223. The lowest BCUT2D eigenvalue weighted by Crippen LogP contribution is -2.24. The number of nitrogens with one attached hydrogen (secondary N) is 2. The Labute approximate surface area is 150 Å². The van der Waals surface area contributed by atoms with Crippen molar-refractivity contribution in [2.75, 3.05) is 5.32 Å². The van der Waals surface area contributed by atoms with Crippen molar-refractivity contribution in [3.8, 4) is 0 Å². The summed E-state index contributed by atoms with van der Waals surface area (Å²) in [5, 5.41) is 5.84. The molecule has 0 saturated heterocycles. The van der Waals surface area contributed by atoms with E-state index in [0.29, 0.717) is 23.6 Å². The number of carbonyl (C=O) groups is 2. The average molecular weight is 347 g/mol. The molecule has 0 atom stereocenters. The van der Waals surface area contributed by atoms with Crippen LogP contribution < -0.4 is 10.6 Å². The van der Waals surface area contributed by atoms with Gasteiger partial charge in [0.25, 0.3) is 5.91 Å². The molecule has 1 amide bonds. The minimum atomic E-state index is -0.321. The summed E-state index contributed by atoms with van der Waals surface area (Å²) in [4.78, 5) is 36.0. The van der Waals surface area contributed by atoms with E-state index >= 15 is 0 Å². The second kappa shape index (κ2) is 7.98. The maximum absolute atomic E-state index is 12.3. The van der Waals surface area contributed by atoms with Crippen LogP contribution in [0.5, 0.6) is 0 Å². The maximum atomic E-state index is 12.3. The zero-order chi connectivity index (χ0) is 18.4. The van der Waals surface area contributed by atoms with Gasteiger partial charge in [-0.15, -0.1) is 0 Å². The number of aromatic nitrogens is 3. The first kappa shape index (κ1) is 17.2. The van der Waals surface area contributed by atoms with Gasteiger partial charge >= 0.3 is 0 Å². The summed E-state index contributed by atoms with van der Waals surface area (Å²) in [5.41, 5.74) is 2.30. The Bertz CT molecular complexity index is 928. The number of Topliss-reactive ketones (excluding diaryl/α,β-unsaturated/α-hetero) is 1.